The third-order valence-electron chi connectivity index (χ3n) is 4.50. The van der Waals surface area contributed by atoms with Gasteiger partial charge in [0.05, 0.1) is 6.61 Å². The molecule has 0 spiro atoms. The zero-order valence-corrected chi connectivity index (χ0v) is 13.8. The van der Waals surface area contributed by atoms with Gasteiger partial charge in [0.1, 0.15) is 0 Å². The lowest BCUT2D eigenvalue weighted by Gasteiger charge is -2.47. The van der Waals surface area contributed by atoms with Gasteiger partial charge in [0.15, 0.2) is 0 Å². The Balaban J connectivity index is 2.63. The molecule has 1 saturated heterocycles. The van der Waals surface area contributed by atoms with Crippen molar-refractivity contribution in [1.29, 1.82) is 0 Å². The Morgan fingerprint density at radius 1 is 1.32 bits per heavy atom. The van der Waals surface area contributed by atoms with Gasteiger partial charge in [-0.3, -0.25) is 4.90 Å². The summed E-state index contributed by atoms with van der Waals surface area (Å²) in [4.78, 5) is 2.64. The molecule has 3 unspecified atom stereocenters. The first-order chi connectivity index (χ1) is 8.90. The van der Waals surface area contributed by atoms with E-state index in [1.807, 2.05) is 0 Å². The standard InChI is InChI=1S/C16H34N2O/c1-7-13(3)14-12-18(9-10-19-8-2)15(11-17-14)16(4,5)6/h13-15,17H,7-12H2,1-6H3. The van der Waals surface area contributed by atoms with Gasteiger partial charge in [0.25, 0.3) is 0 Å². The monoisotopic (exact) mass is 270 g/mol. The van der Waals surface area contributed by atoms with Crippen LogP contribution in [0.4, 0.5) is 0 Å². The molecule has 0 radical (unpaired) electrons. The lowest BCUT2D eigenvalue weighted by molar-refractivity contribution is 0.0190. The molecule has 0 aliphatic carbocycles. The van der Waals surface area contributed by atoms with E-state index in [1.54, 1.807) is 0 Å². The molecule has 3 atom stereocenters. The Bertz CT molecular complexity index is 250. The number of ether oxygens (including phenoxy) is 1. The van der Waals surface area contributed by atoms with Crippen LogP contribution in [0.3, 0.4) is 0 Å². The highest BCUT2D eigenvalue weighted by Gasteiger charge is 2.36. The number of nitrogens with zero attached hydrogens (tertiary/aromatic N) is 1. The average molecular weight is 270 g/mol. The summed E-state index contributed by atoms with van der Waals surface area (Å²) in [5.74, 6) is 0.746. The molecule has 19 heavy (non-hydrogen) atoms. The third-order valence-corrected chi connectivity index (χ3v) is 4.50. The predicted octanol–water partition coefficient (Wildman–Crippen LogP) is 2.76. The second-order valence-corrected chi connectivity index (χ2v) is 6.97. The Morgan fingerprint density at radius 3 is 2.53 bits per heavy atom. The van der Waals surface area contributed by atoms with Gasteiger partial charge in [0, 0.05) is 38.3 Å². The van der Waals surface area contributed by atoms with Gasteiger partial charge < -0.3 is 10.1 Å². The van der Waals surface area contributed by atoms with Crippen molar-refractivity contribution < 1.29 is 4.74 Å². The highest BCUT2D eigenvalue weighted by atomic mass is 16.5. The summed E-state index contributed by atoms with van der Waals surface area (Å²) in [5.41, 5.74) is 0.319. The lowest BCUT2D eigenvalue weighted by atomic mass is 9.82. The van der Waals surface area contributed by atoms with Crippen LogP contribution in [0.25, 0.3) is 0 Å². The molecule has 0 bridgehead atoms. The summed E-state index contributed by atoms with van der Waals surface area (Å²) < 4.78 is 5.56. The quantitative estimate of drug-likeness (QED) is 0.751. The summed E-state index contributed by atoms with van der Waals surface area (Å²) in [7, 11) is 0. The molecule has 0 aromatic heterocycles. The van der Waals surface area contributed by atoms with Gasteiger partial charge in [-0.25, -0.2) is 0 Å². The molecule has 1 fully saturated rings. The fourth-order valence-corrected chi connectivity index (χ4v) is 2.93. The minimum absolute atomic E-state index is 0.319. The van der Waals surface area contributed by atoms with E-state index in [1.165, 1.54) is 6.42 Å². The van der Waals surface area contributed by atoms with Gasteiger partial charge >= 0.3 is 0 Å². The van der Waals surface area contributed by atoms with Gasteiger partial charge in [-0.05, 0) is 18.3 Å². The number of hydrogen-bond acceptors (Lipinski definition) is 3. The smallest absolute Gasteiger partial charge is 0.0593 e. The van der Waals surface area contributed by atoms with Gasteiger partial charge in [-0.15, -0.1) is 0 Å². The van der Waals surface area contributed by atoms with E-state index in [2.05, 4.69) is 51.8 Å². The Hall–Kier alpha value is -0.120. The normalized spacial score (nSPS) is 27.5. The summed E-state index contributed by atoms with van der Waals surface area (Å²) in [5, 5.41) is 3.76. The van der Waals surface area contributed by atoms with Crippen molar-refractivity contribution in [2.45, 2.75) is 60.0 Å². The van der Waals surface area contributed by atoms with Crippen molar-refractivity contribution in [3.05, 3.63) is 0 Å². The van der Waals surface area contributed by atoms with Crippen LogP contribution < -0.4 is 5.32 Å². The van der Waals surface area contributed by atoms with Gasteiger partial charge in [-0.2, -0.15) is 0 Å². The van der Waals surface area contributed by atoms with Crippen molar-refractivity contribution in [2.24, 2.45) is 11.3 Å². The fourth-order valence-electron chi connectivity index (χ4n) is 2.93. The van der Waals surface area contributed by atoms with Crippen LogP contribution in [0.2, 0.25) is 0 Å². The first kappa shape index (κ1) is 16.9. The van der Waals surface area contributed by atoms with Crippen LogP contribution in [-0.2, 0) is 4.74 Å². The third kappa shape index (κ3) is 5.05. The molecular formula is C16H34N2O. The first-order valence-electron chi connectivity index (χ1n) is 7.95. The van der Waals surface area contributed by atoms with Gasteiger partial charge in [-0.1, -0.05) is 41.0 Å². The van der Waals surface area contributed by atoms with E-state index in [4.69, 9.17) is 4.74 Å². The van der Waals surface area contributed by atoms with Gasteiger partial charge in [0.2, 0.25) is 0 Å². The van der Waals surface area contributed by atoms with Crippen molar-refractivity contribution in [3.63, 3.8) is 0 Å². The maximum atomic E-state index is 5.56. The largest absolute Gasteiger partial charge is 0.380 e. The highest BCUT2D eigenvalue weighted by Crippen LogP contribution is 2.27. The SMILES string of the molecule is CCOCCN1CC(C(C)CC)NCC1C(C)(C)C. The minimum atomic E-state index is 0.319. The molecule has 1 heterocycles. The van der Waals surface area contributed by atoms with Crippen LogP contribution in [0.15, 0.2) is 0 Å². The fraction of sp³-hybridized carbons (Fsp3) is 1.00. The van der Waals surface area contributed by atoms with Crippen molar-refractivity contribution in [2.75, 3.05) is 32.8 Å². The van der Waals surface area contributed by atoms with E-state index in [9.17, 15) is 0 Å². The number of nitrogens with one attached hydrogen (secondary N) is 1. The molecule has 114 valence electrons. The zero-order chi connectivity index (χ0) is 14.5. The first-order valence-corrected chi connectivity index (χ1v) is 7.95. The Kier molecular flexibility index (Phi) is 6.78. The molecule has 1 rings (SSSR count). The molecule has 0 amide bonds. The second-order valence-electron chi connectivity index (χ2n) is 6.97. The summed E-state index contributed by atoms with van der Waals surface area (Å²) in [6.45, 7) is 18.7. The predicted molar refractivity (Wildman–Crippen MR) is 82.6 cm³/mol. The molecule has 0 aromatic rings. The van der Waals surface area contributed by atoms with Crippen LogP contribution in [0, 0.1) is 11.3 Å². The maximum absolute atomic E-state index is 5.56. The average Bonchev–Trinajstić information content (AvgIpc) is 2.36. The molecule has 1 N–H and O–H groups in total. The molecule has 0 saturated carbocycles. The van der Waals surface area contributed by atoms with E-state index in [-0.39, 0.29) is 0 Å². The summed E-state index contributed by atoms with van der Waals surface area (Å²) >= 11 is 0. The van der Waals surface area contributed by atoms with E-state index in [0.29, 0.717) is 17.5 Å². The van der Waals surface area contributed by atoms with Crippen molar-refractivity contribution in [3.8, 4) is 0 Å². The minimum Gasteiger partial charge on any atom is -0.380 e. The van der Waals surface area contributed by atoms with Crippen LogP contribution in [0.1, 0.15) is 48.0 Å². The molecule has 3 nitrogen and oxygen atoms in total. The zero-order valence-electron chi connectivity index (χ0n) is 13.8. The van der Waals surface area contributed by atoms with Crippen LogP contribution in [-0.4, -0.2) is 49.8 Å². The molecule has 1 aliphatic rings. The second kappa shape index (κ2) is 7.61. The number of rotatable bonds is 6. The van der Waals surface area contributed by atoms with E-state index in [0.717, 1.165) is 38.8 Å². The highest BCUT2D eigenvalue weighted by molar-refractivity contribution is 4.93. The molecule has 0 aromatic carbocycles. The maximum Gasteiger partial charge on any atom is 0.0593 e. The van der Waals surface area contributed by atoms with Crippen LogP contribution in [0.5, 0.6) is 0 Å². The molecular weight excluding hydrogens is 236 g/mol. The van der Waals surface area contributed by atoms with Crippen molar-refractivity contribution in [1.82, 2.24) is 10.2 Å². The topological polar surface area (TPSA) is 24.5 Å². The Labute approximate surface area is 120 Å². The Morgan fingerprint density at radius 2 is 2.00 bits per heavy atom. The van der Waals surface area contributed by atoms with E-state index < -0.39 is 0 Å². The van der Waals surface area contributed by atoms with E-state index >= 15 is 0 Å². The van der Waals surface area contributed by atoms with Crippen LogP contribution >= 0.6 is 0 Å². The number of piperazine rings is 1. The molecule has 1 aliphatic heterocycles. The summed E-state index contributed by atoms with van der Waals surface area (Å²) in [6, 6.07) is 1.23. The van der Waals surface area contributed by atoms with Crippen molar-refractivity contribution >= 4 is 0 Å². The number of hydrogen-bond donors (Lipinski definition) is 1. The lowest BCUT2D eigenvalue weighted by Crippen LogP contribution is -2.62. The molecule has 3 heteroatoms. The summed E-state index contributed by atoms with van der Waals surface area (Å²) in [6.07, 6.45) is 1.25.